The van der Waals surface area contributed by atoms with Crippen molar-refractivity contribution in [3.05, 3.63) is 18.0 Å². The number of amides is 1. The Morgan fingerprint density at radius 1 is 1.35 bits per heavy atom. The summed E-state index contributed by atoms with van der Waals surface area (Å²) >= 11 is 0. The van der Waals surface area contributed by atoms with E-state index in [1.165, 1.54) is 4.90 Å². The number of aromatic nitrogens is 2. The van der Waals surface area contributed by atoms with Gasteiger partial charge in [-0.1, -0.05) is 0 Å². The monoisotopic (exact) mass is 323 g/mol. The fourth-order valence-corrected chi connectivity index (χ4v) is 2.69. The standard InChI is InChI=1S/C16H25N3O4/c1-10(2)19-7-11(6-17-19)12-8-18(9-13(12)14(20)21)15(22)23-16(3,4)5/h6-7,10,12-13H,8-9H2,1-5H3,(H,20,21). The van der Waals surface area contributed by atoms with Crippen molar-refractivity contribution in [2.75, 3.05) is 13.1 Å². The number of carboxylic acids is 1. The molecule has 1 aromatic rings. The van der Waals surface area contributed by atoms with E-state index in [-0.39, 0.29) is 18.5 Å². The van der Waals surface area contributed by atoms with Crippen molar-refractivity contribution in [3.63, 3.8) is 0 Å². The van der Waals surface area contributed by atoms with Gasteiger partial charge in [-0.05, 0) is 40.2 Å². The number of carbonyl (C=O) groups is 2. The Morgan fingerprint density at radius 3 is 2.48 bits per heavy atom. The predicted octanol–water partition coefficient (Wildman–Crippen LogP) is 2.50. The Balaban J connectivity index is 2.18. The van der Waals surface area contributed by atoms with E-state index < -0.39 is 23.6 Å². The third-order valence-corrected chi connectivity index (χ3v) is 3.87. The quantitative estimate of drug-likeness (QED) is 0.924. The third kappa shape index (κ3) is 4.03. The molecule has 0 saturated carbocycles. The highest BCUT2D eigenvalue weighted by atomic mass is 16.6. The van der Waals surface area contributed by atoms with Crippen LogP contribution in [-0.4, -0.2) is 50.5 Å². The maximum atomic E-state index is 12.2. The van der Waals surface area contributed by atoms with Crippen LogP contribution >= 0.6 is 0 Å². The van der Waals surface area contributed by atoms with Crippen LogP contribution in [0.4, 0.5) is 4.79 Å². The number of hydrogen-bond donors (Lipinski definition) is 1. The molecule has 1 aliphatic rings. The Hall–Kier alpha value is -2.05. The lowest BCUT2D eigenvalue weighted by Gasteiger charge is -2.24. The molecule has 1 N–H and O–H groups in total. The van der Waals surface area contributed by atoms with Crippen LogP contribution in [0.1, 0.15) is 52.1 Å². The molecule has 0 spiro atoms. The highest BCUT2D eigenvalue weighted by Crippen LogP contribution is 2.33. The van der Waals surface area contributed by atoms with Gasteiger partial charge in [-0.15, -0.1) is 0 Å². The van der Waals surface area contributed by atoms with Crippen molar-refractivity contribution in [2.24, 2.45) is 5.92 Å². The predicted molar refractivity (Wildman–Crippen MR) is 84.3 cm³/mol. The van der Waals surface area contributed by atoms with Crippen molar-refractivity contribution < 1.29 is 19.4 Å². The van der Waals surface area contributed by atoms with Gasteiger partial charge in [0.05, 0.1) is 12.1 Å². The van der Waals surface area contributed by atoms with Crippen LogP contribution in [0, 0.1) is 5.92 Å². The topological polar surface area (TPSA) is 84.7 Å². The number of hydrogen-bond acceptors (Lipinski definition) is 4. The molecule has 2 heterocycles. The minimum Gasteiger partial charge on any atom is -0.481 e. The number of nitrogens with zero attached hydrogens (tertiary/aromatic N) is 3. The van der Waals surface area contributed by atoms with Crippen molar-refractivity contribution in [1.29, 1.82) is 0 Å². The summed E-state index contributed by atoms with van der Waals surface area (Å²) in [5.74, 6) is -1.82. The van der Waals surface area contributed by atoms with Crippen LogP contribution in [0.3, 0.4) is 0 Å². The molecule has 1 aromatic heterocycles. The molecule has 0 aliphatic carbocycles. The van der Waals surface area contributed by atoms with Crippen LogP contribution in [0.5, 0.6) is 0 Å². The first kappa shape index (κ1) is 17.3. The maximum Gasteiger partial charge on any atom is 0.410 e. The van der Waals surface area contributed by atoms with Crippen molar-refractivity contribution in [3.8, 4) is 0 Å². The van der Waals surface area contributed by atoms with E-state index >= 15 is 0 Å². The summed E-state index contributed by atoms with van der Waals surface area (Å²) in [6.45, 7) is 9.87. The van der Waals surface area contributed by atoms with Crippen molar-refractivity contribution in [2.45, 2.75) is 52.2 Å². The summed E-state index contributed by atoms with van der Waals surface area (Å²) < 4.78 is 7.15. The van der Waals surface area contributed by atoms with Crippen LogP contribution < -0.4 is 0 Å². The number of carbonyl (C=O) groups excluding carboxylic acids is 1. The number of carboxylic acid groups (broad SMARTS) is 1. The molecule has 1 saturated heterocycles. The molecule has 128 valence electrons. The fraction of sp³-hybridized carbons (Fsp3) is 0.688. The number of likely N-dealkylation sites (tertiary alicyclic amines) is 1. The second-order valence-corrected chi connectivity index (χ2v) is 7.28. The summed E-state index contributed by atoms with van der Waals surface area (Å²) in [6.07, 6.45) is 3.09. The van der Waals surface area contributed by atoms with Crippen LogP contribution in [-0.2, 0) is 9.53 Å². The minimum absolute atomic E-state index is 0.155. The highest BCUT2D eigenvalue weighted by molar-refractivity contribution is 5.75. The lowest BCUT2D eigenvalue weighted by atomic mass is 9.91. The Kier molecular flexibility index (Phi) is 4.68. The molecule has 1 fully saturated rings. The smallest absolute Gasteiger partial charge is 0.410 e. The molecule has 2 rings (SSSR count). The van der Waals surface area contributed by atoms with Gasteiger partial charge in [0.15, 0.2) is 0 Å². The highest BCUT2D eigenvalue weighted by Gasteiger charge is 2.42. The molecule has 23 heavy (non-hydrogen) atoms. The minimum atomic E-state index is -0.904. The molecule has 2 unspecified atom stereocenters. The normalized spacial score (nSPS) is 21.7. The average Bonchev–Trinajstić information content (AvgIpc) is 3.03. The van der Waals surface area contributed by atoms with E-state index in [1.807, 2.05) is 20.0 Å². The lowest BCUT2D eigenvalue weighted by Crippen LogP contribution is -2.35. The van der Waals surface area contributed by atoms with Gasteiger partial charge in [0.25, 0.3) is 0 Å². The van der Waals surface area contributed by atoms with Crippen LogP contribution in [0.15, 0.2) is 12.4 Å². The number of aliphatic carboxylic acids is 1. The van der Waals surface area contributed by atoms with E-state index in [0.717, 1.165) is 5.56 Å². The van der Waals surface area contributed by atoms with Gasteiger partial charge < -0.3 is 14.7 Å². The second kappa shape index (κ2) is 6.22. The first-order valence-corrected chi connectivity index (χ1v) is 7.83. The van der Waals surface area contributed by atoms with Crippen molar-refractivity contribution >= 4 is 12.1 Å². The zero-order valence-corrected chi connectivity index (χ0v) is 14.3. The second-order valence-electron chi connectivity index (χ2n) is 7.28. The summed E-state index contributed by atoms with van der Waals surface area (Å²) in [4.78, 5) is 25.3. The third-order valence-electron chi connectivity index (χ3n) is 3.87. The van der Waals surface area contributed by atoms with Crippen LogP contribution in [0.2, 0.25) is 0 Å². The van der Waals surface area contributed by atoms with E-state index in [9.17, 15) is 14.7 Å². The van der Waals surface area contributed by atoms with Crippen LogP contribution in [0.25, 0.3) is 0 Å². The number of rotatable bonds is 3. The molecule has 0 radical (unpaired) electrons. The zero-order chi connectivity index (χ0) is 17.4. The van der Waals surface area contributed by atoms with Gasteiger partial charge in [0, 0.05) is 31.2 Å². The number of ether oxygens (including phenoxy) is 1. The molecule has 1 amide bonds. The van der Waals surface area contributed by atoms with E-state index in [4.69, 9.17) is 4.74 Å². The summed E-state index contributed by atoms with van der Waals surface area (Å²) in [5.41, 5.74) is 0.244. The van der Waals surface area contributed by atoms with E-state index in [2.05, 4.69) is 5.10 Å². The summed E-state index contributed by atoms with van der Waals surface area (Å²) in [6, 6.07) is 0.204. The molecule has 2 atom stereocenters. The first-order chi connectivity index (χ1) is 10.6. The molecule has 0 aromatic carbocycles. The van der Waals surface area contributed by atoms with Gasteiger partial charge in [-0.3, -0.25) is 9.48 Å². The lowest BCUT2D eigenvalue weighted by molar-refractivity contribution is -0.141. The Bertz CT molecular complexity index is 588. The van der Waals surface area contributed by atoms with Gasteiger partial charge >= 0.3 is 12.1 Å². The SMILES string of the molecule is CC(C)n1cc(C2CN(C(=O)OC(C)(C)C)CC2C(=O)O)cn1. The molecule has 0 bridgehead atoms. The molecular weight excluding hydrogens is 298 g/mol. The molecular formula is C16H25N3O4. The molecule has 1 aliphatic heterocycles. The maximum absolute atomic E-state index is 12.2. The molecule has 7 heteroatoms. The Labute approximate surface area is 136 Å². The van der Waals surface area contributed by atoms with E-state index in [0.29, 0.717) is 6.54 Å². The fourth-order valence-electron chi connectivity index (χ4n) is 2.69. The largest absolute Gasteiger partial charge is 0.481 e. The van der Waals surface area contributed by atoms with E-state index in [1.54, 1.807) is 31.6 Å². The van der Waals surface area contributed by atoms with Gasteiger partial charge in [0.2, 0.25) is 0 Å². The van der Waals surface area contributed by atoms with Gasteiger partial charge in [-0.25, -0.2) is 4.79 Å². The average molecular weight is 323 g/mol. The molecule has 7 nitrogen and oxygen atoms in total. The zero-order valence-electron chi connectivity index (χ0n) is 14.3. The van der Waals surface area contributed by atoms with Gasteiger partial charge in [-0.2, -0.15) is 5.10 Å². The first-order valence-electron chi connectivity index (χ1n) is 7.83. The summed E-state index contributed by atoms with van der Waals surface area (Å²) in [5, 5.41) is 13.8. The Morgan fingerprint density at radius 2 is 2.00 bits per heavy atom. The van der Waals surface area contributed by atoms with Crippen molar-refractivity contribution in [1.82, 2.24) is 14.7 Å². The summed E-state index contributed by atoms with van der Waals surface area (Å²) in [7, 11) is 0. The van der Waals surface area contributed by atoms with Gasteiger partial charge in [0.1, 0.15) is 5.60 Å².